The second-order valence-corrected chi connectivity index (χ2v) is 19.8. The van der Waals surface area contributed by atoms with Crippen LogP contribution < -0.4 is 0 Å². The molecule has 0 aliphatic rings. The Morgan fingerprint density at radius 1 is 0.344 bits per heavy atom. The fourth-order valence-electron chi connectivity index (χ4n) is 8.69. The molecule has 0 amide bonds. The fourth-order valence-corrected chi connectivity index (χ4v) is 10.7. The summed E-state index contributed by atoms with van der Waals surface area (Å²) in [5, 5.41) is 3.06. The third kappa shape index (κ3) is 20.2. The molecule has 336 valence electrons. The number of hydrogen-bond acceptors (Lipinski definition) is 6. The molecule has 4 aromatic rings. The van der Waals surface area contributed by atoms with Gasteiger partial charge in [0.25, 0.3) is 0 Å². The first-order valence-corrected chi connectivity index (χ1v) is 26.8. The number of hydrogen-bond donors (Lipinski definition) is 0. The van der Waals surface area contributed by atoms with Gasteiger partial charge in [-0.2, -0.15) is 0 Å². The molecule has 0 radical (unpaired) electrons. The standard InChI is InChI=1S/2C26H40O3S.Ba/c2*1-3-5-7-9-11-13-16-22-18-15-19-23-20-21-24(17-14-12-10-8-6-4-2)26(25(22)23)30(27,28)29;/h2*15,18-21H,3-14,16-17H2,1-2H3,(H,27,28,29);/q;;+2/p-2. The molecule has 0 aliphatic carbocycles. The van der Waals surface area contributed by atoms with Crippen molar-refractivity contribution < 1.29 is 25.9 Å². The maximum absolute atomic E-state index is 12.3. The molecule has 0 saturated heterocycles. The largest absolute Gasteiger partial charge is 2.00 e. The van der Waals surface area contributed by atoms with Gasteiger partial charge in [0.1, 0.15) is 20.2 Å². The van der Waals surface area contributed by atoms with E-state index in [1.54, 1.807) is 0 Å². The summed E-state index contributed by atoms with van der Waals surface area (Å²) < 4.78 is 73.7. The van der Waals surface area contributed by atoms with Crippen molar-refractivity contribution in [3.8, 4) is 0 Å². The van der Waals surface area contributed by atoms with Gasteiger partial charge in [-0.15, -0.1) is 0 Å². The van der Waals surface area contributed by atoms with Gasteiger partial charge in [0.2, 0.25) is 0 Å². The number of benzene rings is 4. The summed E-state index contributed by atoms with van der Waals surface area (Å²) in [5.41, 5.74) is 3.40. The second-order valence-electron chi connectivity index (χ2n) is 17.1. The van der Waals surface area contributed by atoms with Crippen molar-refractivity contribution in [3.63, 3.8) is 0 Å². The molecule has 6 nitrogen and oxygen atoms in total. The average Bonchev–Trinajstić information content (AvgIpc) is 3.22. The van der Waals surface area contributed by atoms with Gasteiger partial charge in [0.15, 0.2) is 0 Å². The van der Waals surface area contributed by atoms with E-state index in [1.165, 1.54) is 103 Å². The van der Waals surface area contributed by atoms with E-state index in [4.69, 9.17) is 0 Å². The normalized spacial score (nSPS) is 11.8. The molecule has 0 saturated carbocycles. The molecule has 0 bridgehead atoms. The molecule has 0 unspecified atom stereocenters. The van der Waals surface area contributed by atoms with Crippen LogP contribution in [0.5, 0.6) is 0 Å². The minimum absolute atomic E-state index is 0. The van der Waals surface area contributed by atoms with Gasteiger partial charge in [-0.05, 0) is 84.4 Å². The van der Waals surface area contributed by atoms with Crippen LogP contribution in [0.3, 0.4) is 0 Å². The summed E-state index contributed by atoms with van der Waals surface area (Å²) in [6, 6.07) is 19.5. The maximum atomic E-state index is 12.3. The zero-order chi connectivity index (χ0) is 43.6. The van der Waals surface area contributed by atoms with Gasteiger partial charge < -0.3 is 9.11 Å². The minimum atomic E-state index is -4.53. The van der Waals surface area contributed by atoms with E-state index >= 15 is 0 Å². The number of unbranched alkanes of at least 4 members (excludes halogenated alkanes) is 20. The maximum Gasteiger partial charge on any atom is 2.00 e. The molecular weight excluding hydrogens is 922 g/mol. The molecular formula is C52H78BaO6S2. The van der Waals surface area contributed by atoms with Crippen molar-refractivity contribution in [3.05, 3.63) is 82.9 Å². The third-order valence-corrected chi connectivity index (χ3v) is 14.0. The van der Waals surface area contributed by atoms with Gasteiger partial charge in [-0.1, -0.05) is 217 Å². The predicted octanol–water partition coefficient (Wildman–Crippen LogP) is 14.7. The Bertz CT molecular complexity index is 1900. The Labute approximate surface area is 412 Å². The van der Waals surface area contributed by atoms with Gasteiger partial charge in [0, 0.05) is 10.8 Å². The first kappa shape index (κ1) is 55.9. The van der Waals surface area contributed by atoms with Crippen LogP contribution in [0.15, 0.2) is 70.5 Å². The Morgan fingerprint density at radius 3 is 0.885 bits per heavy atom. The number of fused-ring (bicyclic) bond motifs is 2. The van der Waals surface area contributed by atoms with E-state index in [0.717, 1.165) is 86.1 Å². The molecule has 61 heavy (non-hydrogen) atoms. The SMILES string of the molecule is CCCCCCCCc1ccc2cccc(CCCCCCCC)c2c1S(=O)(=O)[O-].CCCCCCCCc1ccc2cccc(CCCCCCCC)c2c1S(=O)(=O)[O-].[Ba+2]. The summed E-state index contributed by atoms with van der Waals surface area (Å²) in [6.45, 7) is 8.82. The van der Waals surface area contributed by atoms with Crippen molar-refractivity contribution in [1.29, 1.82) is 0 Å². The van der Waals surface area contributed by atoms with Gasteiger partial charge in [-0.25, -0.2) is 16.8 Å². The van der Waals surface area contributed by atoms with Gasteiger partial charge >= 0.3 is 48.9 Å². The van der Waals surface area contributed by atoms with Gasteiger partial charge in [-0.3, -0.25) is 0 Å². The first-order chi connectivity index (χ1) is 29.0. The van der Waals surface area contributed by atoms with E-state index in [0.29, 0.717) is 34.7 Å². The number of aryl methyl sites for hydroxylation is 4. The molecule has 0 N–H and O–H groups in total. The Hall–Kier alpha value is -1.21. The molecule has 0 spiro atoms. The van der Waals surface area contributed by atoms with Crippen LogP contribution in [0.1, 0.15) is 204 Å². The van der Waals surface area contributed by atoms with Crippen LogP contribution in [0.4, 0.5) is 0 Å². The van der Waals surface area contributed by atoms with Crippen molar-refractivity contribution in [2.24, 2.45) is 0 Å². The molecule has 0 aliphatic heterocycles. The number of rotatable bonds is 30. The Morgan fingerprint density at radius 2 is 0.607 bits per heavy atom. The first-order valence-electron chi connectivity index (χ1n) is 24.0. The zero-order valence-electron chi connectivity index (χ0n) is 38.5. The molecule has 4 aromatic carbocycles. The van der Waals surface area contributed by atoms with Crippen molar-refractivity contribution in [2.45, 2.75) is 217 Å². The summed E-state index contributed by atoms with van der Waals surface area (Å²) in [7, 11) is -9.05. The predicted molar refractivity (Wildman–Crippen MR) is 258 cm³/mol. The molecule has 0 heterocycles. The average molecular weight is 1000 g/mol. The molecule has 4 rings (SSSR count). The van der Waals surface area contributed by atoms with E-state index in [9.17, 15) is 25.9 Å². The smallest absolute Gasteiger partial charge is 0.744 e. The Kier molecular flexibility index (Phi) is 29.0. The summed E-state index contributed by atoms with van der Waals surface area (Å²) in [4.78, 5) is 0.0743. The molecule has 0 fully saturated rings. The molecule has 0 atom stereocenters. The Balaban J connectivity index is 0.000000413. The van der Waals surface area contributed by atoms with E-state index in [-0.39, 0.29) is 58.7 Å². The summed E-state index contributed by atoms with van der Waals surface area (Å²) in [5.74, 6) is 0. The van der Waals surface area contributed by atoms with Crippen LogP contribution in [0, 0.1) is 0 Å². The van der Waals surface area contributed by atoms with Crippen LogP contribution in [-0.2, 0) is 45.9 Å². The van der Waals surface area contributed by atoms with Crippen LogP contribution in [0.25, 0.3) is 21.5 Å². The molecule has 9 heteroatoms. The zero-order valence-corrected chi connectivity index (χ0v) is 44.6. The quantitative estimate of drug-likeness (QED) is 0.0292. The van der Waals surface area contributed by atoms with E-state index in [2.05, 4.69) is 27.7 Å². The second kappa shape index (κ2) is 31.6. The van der Waals surface area contributed by atoms with Crippen molar-refractivity contribution >= 4 is 90.7 Å². The van der Waals surface area contributed by atoms with E-state index in [1.807, 2.05) is 60.7 Å². The summed E-state index contributed by atoms with van der Waals surface area (Å²) >= 11 is 0. The fraction of sp³-hybridized carbons (Fsp3) is 0.615. The van der Waals surface area contributed by atoms with Crippen LogP contribution in [-0.4, -0.2) is 74.8 Å². The third-order valence-electron chi connectivity index (χ3n) is 12.0. The summed E-state index contributed by atoms with van der Waals surface area (Å²) in [6.07, 6.45) is 31.0. The minimum Gasteiger partial charge on any atom is -0.744 e. The van der Waals surface area contributed by atoms with Gasteiger partial charge in [0.05, 0.1) is 9.79 Å². The van der Waals surface area contributed by atoms with Crippen LogP contribution in [0.2, 0.25) is 0 Å². The van der Waals surface area contributed by atoms with Crippen molar-refractivity contribution in [1.82, 2.24) is 0 Å². The van der Waals surface area contributed by atoms with E-state index < -0.39 is 20.2 Å². The monoisotopic (exact) mass is 1000 g/mol. The van der Waals surface area contributed by atoms with Crippen LogP contribution >= 0.6 is 0 Å². The topological polar surface area (TPSA) is 114 Å². The van der Waals surface area contributed by atoms with Crippen molar-refractivity contribution in [2.75, 3.05) is 0 Å². The molecule has 0 aromatic heterocycles.